The molecule has 1 fully saturated rings. The largest absolute Gasteiger partial charge is 0.306 e. The van der Waals surface area contributed by atoms with Crippen molar-refractivity contribution in [3.63, 3.8) is 0 Å². The molecule has 2 atom stereocenters. The lowest BCUT2D eigenvalue weighted by atomic mass is 9.88. The number of hydrogen-bond donors (Lipinski definition) is 0. The van der Waals surface area contributed by atoms with Crippen LogP contribution in [0.15, 0.2) is 36.4 Å². The third-order valence-electron chi connectivity index (χ3n) is 5.57. The average molecular weight is 386 g/mol. The summed E-state index contributed by atoms with van der Waals surface area (Å²) in [4.78, 5) is 28.0. The third kappa shape index (κ3) is 2.99. The summed E-state index contributed by atoms with van der Waals surface area (Å²) in [6.07, 6.45) is 0.880. The molecule has 140 valence electrons. The van der Waals surface area contributed by atoms with E-state index in [0.717, 1.165) is 25.2 Å². The van der Waals surface area contributed by atoms with Gasteiger partial charge in [0.2, 0.25) is 0 Å². The smallest absolute Gasteiger partial charge is 0.270 e. The summed E-state index contributed by atoms with van der Waals surface area (Å²) in [6, 6.07) is 10.3. The van der Waals surface area contributed by atoms with Crippen molar-refractivity contribution < 1.29 is 9.72 Å². The number of amides is 1. The molecule has 0 aromatic heterocycles. The number of nitro benzene ring substituents is 1. The number of halogens is 1. The van der Waals surface area contributed by atoms with Crippen molar-refractivity contribution in [2.24, 2.45) is 0 Å². The molecule has 2 aliphatic rings. The minimum absolute atomic E-state index is 0.0803. The maximum Gasteiger partial charge on any atom is 0.270 e. The van der Waals surface area contributed by atoms with Gasteiger partial charge in [-0.25, -0.2) is 0 Å². The summed E-state index contributed by atoms with van der Waals surface area (Å²) in [5.41, 5.74) is 3.46. The number of carbonyl (C=O) groups is 1. The molecule has 0 unspecified atom stereocenters. The predicted octanol–water partition coefficient (Wildman–Crippen LogP) is 4.00. The van der Waals surface area contributed by atoms with Crippen molar-refractivity contribution >= 4 is 28.9 Å². The number of hydrogen-bond acceptors (Lipinski definition) is 4. The van der Waals surface area contributed by atoms with Crippen molar-refractivity contribution in [2.75, 3.05) is 25.0 Å². The number of anilines is 1. The van der Waals surface area contributed by atoms with E-state index < -0.39 is 4.92 Å². The minimum atomic E-state index is -0.513. The summed E-state index contributed by atoms with van der Waals surface area (Å²) in [5.74, 6) is 0.0662. The Kier molecular flexibility index (Phi) is 4.40. The van der Waals surface area contributed by atoms with Crippen LogP contribution >= 0.6 is 11.6 Å². The van der Waals surface area contributed by atoms with E-state index >= 15 is 0 Å². The molecule has 0 saturated carbocycles. The Morgan fingerprint density at radius 3 is 2.74 bits per heavy atom. The van der Waals surface area contributed by atoms with E-state index in [4.69, 9.17) is 11.6 Å². The predicted molar refractivity (Wildman–Crippen MR) is 105 cm³/mol. The number of fused-ring (bicyclic) bond motifs is 3. The number of likely N-dealkylation sites (tertiary alicyclic amines) is 1. The number of nitro groups is 1. The van der Waals surface area contributed by atoms with Gasteiger partial charge < -0.3 is 9.80 Å². The molecule has 2 aromatic carbocycles. The van der Waals surface area contributed by atoms with Crippen LogP contribution in [0.1, 0.15) is 33.8 Å². The van der Waals surface area contributed by atoms with E-state index in [0.29, 0.717) is 5.56 Å². The Hall–Kier alpha value is -2.44. The molecule has 2 aromatic rings. The highest BCUT2D eigenvalue weighted by molar-refractivity contribution is 6.34. The molecular formula is C20H20ClN3O3. The van der Waals surface area contributed by atoms with Gasteiger partial charge >= 0.3 is 0 Å². The SMILES string of the molecule is Cc1ccc2c(c1)[C@@H]1CN(C)CC[C@H]1N2C(=O)c1ccc([N+](=O)[O-])cc1Cl. The van der Waals surface area contributed by atoms with Crippen molar-refractivity contribution in [2.45, 2.75) is 25.3 Å². The number of nitrogens with zero attached hydrogens (tertiary/aromatic N) is 3. The van der Waals surface area contributed by atoms with Gasteiger partial charge in [0.25, 0.3) is 11.6 Å². The molecule has 0 N–H and O–H groups in total. The molecule has 1 saturated heterocycles. The molecule has 2 heterocycles. The van der Waals surface area contributed by atoms with E-state index in [1.807, 2.05) is 17.0 Å². The monoisotopic (exact) mass is 385 g/mol. The summed E-state index contributed by atoms with van der Waals surface area (Å²) >= 11 is 6.24. The highest BCUT2D eigenvalue weighted by Gasteiger charge is 2.44. The number of rotatable bonds is 2. The van der Waals surface area contributed by atoms with Crippen molar-refractivity contribution in [3.05, 3.63) is 68.2 Å². The van der Waals surface area contributed by atoms with Crippen LogP contribution in [0.2, 0.25) is 5.02 Å². The highest BCUT2D eigenvalue weighted by Crippen LogP contribution is 2.46. The molecule has 0 spiro atoms. The zero-order valence-corrected chi connectivity index (χ0v) is 15.9. The summed E-state index contributed by atoms with van der Waals surface area (Å²) in [5, 5.41) is 11.1. The first kappa shape index (κ1) is 17.9. The first-order valence-electron chi connectivity index (χ1n) is 8.93. The number of piperidine rings is 1. The first-order valence-corrected chi connectivity index (χ1v) is 9.31. The number of non-ortho nitro benzene ring substituents is 1. The Bertz CT molecular complexity index is 946. The van der Waals surface area contributed by atoms with Crippen LogP contribution in [0.5, 0.6) is 0 Å². The Morgan fingerprint density at radius 1 is 1.26 bits per heavy atom. The quantitative estimate of drug-likeness (QED) is 0.578. The van der Waals surface area contributed by atoms with Crippen molar-refractivity contribution in [1.29, 1.82) is 0 Å². The van der Waals surface area contributed by atoms with Crippen LogP contribution in [0.4, 0.5) is 11.4 Å². The number of likely N-dealkylation sites (N-methyl/N-ethyl adjacent to an activating group) is 1. The van der Waals surface area contributed by atoms with Crippen LogP contribution in [-0.4, -0.2) is 41.9 Å². The Morgan fingerprint density at radius 2 is 2.04 bits per heavy atom. The van der Waals surface area contributed by atoms with Crippen LogP contribution in [0, 0.1) is 17.0 Å². The zero-order chi connectivity index (χ0) is 19.3. The van der Waals surface area contributed by atoms with Gasteiger partial charge in [0.1, 0.15) is 0 Å². The van der Waals surface area contributed by atoms with Gasteiger partial charge in [0, 0.05) is 36.3 Å². The summed E-state index contributed by atoms with van der Waals surface area (Å²) in [6.45, 7) is 3.88. The van der Waals surface area contributed by atoms with E-state index in [2.05, 4.69) is 24.9 Å². The second kappa shape index (κ2) is 6.62. The third-order valence-corrected chi connectivity index (χ3v) is 5.88. The molecule has 7 heteroatoms. The topological polar surface area (TPSA) is 66.7 Å². The average Bonchev–Trinajstić information content (AvgIpc) is 2.94. The lowest BCUT2D eigenvalue weighted by molar-refractivity contribution is -0.384. The van der Waals surface area contributed by atoms with Gasteiger partial charge in [0.15, 0.2) is 0 Å². The molecule has 0 radical (unpaired) electrons. The number of aryl methyl sites for hydroxylation is 1. The lowest BCUT2D eigenvalue weighted by Gasteiger charge is -2.36. The molecule has 0 bridgehead atoms. The fourth-order valence-electron chi connectivity index (χ4n) is 4.27. The van der Waals surface area contributed by atoms with Gasteiger partial charge in [0.05, 0.1) is 15.5 Å². The molecule has 1 amide bonds. The van der Waals surface area contributed by atoms with E-state index in [1.54, 1.807) is 0 Å². The van der Waals surface area contributed by atoms with E-state index in [-0.39, 0.29) is 28.6 Å². The Labute approximate surface area is 162 Å². The van der Waals surface area contributed by atoms with Gasteiger partial charge in [-0.3, -0.25) is 14.9 Å². The van der Waals surface area contributed by atoms with Crippen molar-refractivity contribution in [1.82, 2.24) is 4.90 Å². The van der Waals surface area contributed by atoms with E-state index in [1.165, 1.54) is 29.3 Å². The second-order valence-electron chi connectivity index (χ2n) is 7.38. The first-order chi connectivity index (χ1) is 12.9. The fourth-order valence-corrected chi connectivity index (χ4v) is 4.52. The van der Waals surface area contributed by atoms with Crippen LogP contribution in [-0.2, 0) is 0 Å². The van der Waals surface area contributed by atoms with Crippen LogP contribution in [0.3, 0.4) is 0 Å². The maximum atomic E-state index is 13.4. The second-order valence-corrected chi connectivity index (χ2v) is 7.79. The van der Waals surface area contributed by atoms with Gasteiger partial charge in [-0.05, 0) is 44.6 Å². The van der Waals surface area contributed by atoms with Crippen LogP contribution < -0.4 is 4.90 Å². The molecule has 4 rings (SSSR count). The van der Waals surface area contributed by atoms with Crippen LogP contribution in [0.25, 0.3) is 0 Å². The summed E-state index contributed by atoms with van der Waals surface area (Å²) < 4.78 is 0. The van der Waals surface area contributed by atoms with Crippen molar-refractivity contribution in [3.8, 4) is 0 Å². The summed E-state index contributed by atoms with van der Waals surface area (Å²) in [7, 11) is 2.10. The molecule has 0 aliphatic carbocycles. The molecule has 27 heavy (non-hydrogen) atoms. The number of benzene rings is 2. The number of carbonyl (C=O) groups excluding carboxylic acids is 1. The molecule has 2 aliphatic heterocycles. The standard InChI is InChI=1S/C20H20ClN3O3/c1-12-3-6-18-15(9-12)16-11-22(2)8-7-19(16)23(18)20(25)14-5-4-13(24(26)27)10-17(14)21/h3-6,9-10,16,19H,7-8,11H2,1-2H3/t16-,19+/m0/s1. The van der Waals surface area contributed by atoms with Gasteiger partial charge in [-0.15, -0.1) is 0 Å². The maximum absolute atomic E-state index is 13.4. The molecular weight excluding hydrogens is 366 g/mol. The lowest BCUT2D eigenvalue weighted by Crippen LogP contribution is -2.47. The zero-order valence-electron chi connectivity index (χ0n) is 15.2. The van der Waals surface area contributed by atoms with E-state index in [9.17, 15) is 14.9 Å². The minimum Gasteiger partial charge on any atom is -0.306 e. The normalized spacial score (nSPS) is 21.7. The fraction of sp³-hybridized carbons (Fsp3) is 0.350. The highest BCUT2D eigenvalue weighted by atomic mass is 35.5. The molecule has 6 nitrogen and oxygen atoms in total. The van der Waals surface area contributed by atoms with Gasteiger partial charge in [-0.1, -0.05) is 29.3 Å². The Balaban J connectivity index is 1.77. The van der Waals surface area contributed by atoms with Gasteiger partial charge in [-0.2, -0.15) is 0 Å².